The number of benzene rings is 1. The summed E-state index contributed by atoms with van der Waals surface area (Å²) in [6, 6.07) is 3.93. The average molecular weight is 413 g/mol. The first-order valence-corrected chi connectivity index (χ1v) is 10.5. The Kier molecular flexibility index (Phi) is 5.86. The summed E-state index contributed by atoms with van der Waals surface area (Å²) < 4.78 is 6.55. The van der Waals surface area contributed by atoms with E-state index in [0.717, 1.165) is 53.2 Å². The number of hydrogen-bond acceptors (Lipinski definition) is 7. The van der Waals surface area contributed by atoms with Gasteiger partial charge in [0.15, 0.2) is 5.13 Å². The van der Waals surface area contributed by atoms with Gasteiger partial charge >= 0.3 is 6.03 Å². The minimum absolute atomic E-state index is 0.248. The molecular weight excluding hydrogens is 388 g/mol. The molecular formula is C20H24N6O2S. The summed E-state index contributed by atoms with van der Waals surface area (Å²) in [5.74, 6) is 0.520. The second-order valence-corrected chi connectivity index (χ2v) is 8.11. The minimum Gasteiger partial charge on any atom is -0.381 e. The molecule has 2 amide bonds. The molecule has 1 unspecified atom stereocenters. The van der Waals surface area contributed by atoms with Crippen LogP contribution in [0.3, 0.4) is 0 Å². The van der Waals surface area contributed by atoms with E-state index in [0.29, 0.717) is 17.6 Å². The molecule has 9 heteroatoms. The largest absolute Gasteiger partial charge is 0.381 e. The van der Waals surface area contributed by atoms with E-state index in [1.54, 1.807) is 0 Å². The highest BCUT2D eigenvalue weighted by Crippen LogP contribution is 2.37. The van der Waals surface area contributed by atoms with E-state index in [1.165, 1.54) is 17.7 Å². The van der Waals surface area contributed by atoms with Crippen LogP contribution in [0.2, 0.25) is 0 Å². The number of carbonyl (C=O) groups is 1. The number of thiazole rings is 1. The van der Waals surface area contributed by atoms with Crippen molar-refractivity contribution in [2.75, 3.05) is 43.6 Å². The van der Waals surface area contributed by atoms with Crippen molar-refractivity contribution in [3.63, 3.8) is 0 Å². The third-order valence-corrected chi connectivity index (χ3v) is 5.84. The Morgan fingerprint density at radius 1 is 1.34 bits per heavy atom. The molecule has 0 aliphatic carbocycles. The van der Waals surface area contributed by atoms with Crippen LogP contribution in [0.15, 0.2) is 30.9 Å². The number of nitrogens with zero attached hydrogens (tertiary/aromatic N) is 4. The molecule has 8 nitrogen and oxygen atoms in total. The first kappa shape index (κ1) is 19.5. The lowest BCUT2D eigenvalue weighted by Crippen LogP contribution is -2.28. The van der Waals surface area contributed by atoms with Crippen LogP contribution in [-0.4, -0.2) is 54.3 Å². The molecule has 1 aromatic carbocycles. The zero-order chi connectivity index (χ0) is 20.2. The molecule has 1 saturated heterocycles. The van der Waals surface area contributed by atoms with Crippen LogP contribution < -0.4 is 15.5 Å². The van der Waals surface area contributed by atoms with E-state index >= 15 is 0 Å². The van der Waals surface area contributed by atoms with Crippen molar-refractivity contribution in [3.8, 4) is 11.1 Å². The van der Waals surface area contributed by atoms with Gasteiger partial charge in [-0.15, -0.1) is 0 Å². The quantitative estimate of drug-likeness (QED) is 0.645. The van der Waals surface area contributed by atoms with Crippen LogP contribution >= 0.6 is 11.3 Å². The lowest BCUT2D eigenvalue weighted by molar-refractivity contribution is 0.186. The third kappa shape index (κ3) is 4.46. The fourth-order valence-electron chi connectivity index (χ4n) is 3.52. The Balaban J connectivity index is 1.71. The summed E-state index contributed by atoms with van der Waals surface area (Å²) in [6.07, 6.45) is 6.23. The van der Waals surface area contributed by atoms with Crippen LogP contribution in [0.5, 0.6) is 0 Å². The maximum absolute atomic E-state index is 11.9. The Morgan fingerprint density at radius 2 is 2.17 bits per heavy atom. The predicted molar refractivity (Wildman–Crippen MR) is 116 cm³/mol. The summed E-state index contributed by atoms with van der Waals surface area (Å²) in [5.41, 5.74) is 3.88. The lowest BCUT2D eigenvalue weighted by Gasteiger charge is -2.25. The number of urea groups is 1. The topological polar surface area (TPSA) is 92.3 Å². The molecule has 2 N–H and O–H groups in total. The Morgan fingerprint density at radius 3 is 2.90 bits per heavy atom. The SMILES string of the molecule is CCNC(=O)Nc1nc2cc(-c3cncnc3)c(N(C)CC3CCOC3)cc2s1. The average Bonchev–Trinajstić information content (AvgIpc) is 3.36. The number of nitrogens with one attached hydrogen (secondary N) is 2. The number of ether oxygens (including phenoxy) is 1. The van der Waals surface area contributed by atoms with Gasteiger partial charge in [-0.25, -0.2) is 19.7 Å². The first-order valence-electron chi connectivity index (χ1n) is 9.67. The Hall–Kier alpha value is -2.78. The zero-order valence-corrected chi connectivity index (χ0v) is 17.3. The van der Waals surface area contributed by atoms with Crippen molar-refractivity contribution in [2.45, 2.75) is 13.3 Å². The third-order valence-electron chi connectivity index (χ3n) is 4.90. The fourth-order valence-corrected chi connectivity index (χ4v) is 4.39. The normalized spacial score (nSPS) is 16.1. The van der Waals surface area contributed by atoms with Gasteiger partial charge in [0.2, 0.25) is 0 Å². The van der Waals surface area contributed by atoms with Crippen molar-refractivity contribution >= 4 is 38.4 Å². The second kappa shape index (κ2) is 8.71. The molecule has 0 saturated carbocycles. The van der Waals surface area contributed by atoms with Gasteiger partial charge in [0.05, 0.1) is 16.8 Å². The number of anilines is 2. The van der Waals surface area contributed by atoms with E-state index in [9.17, 15) is 4.79 Å². The molecule has 29 heavy (non-hydrogen) atoms. The number of fused-ring (bicyclic) bond motifs is 1. The van der Waals surface area contributed by atoms with Gasteiger partial charge in [-0.05, 0) is 25.5 Å². The number of carbonyl (C=O) groups excluding carboxylic acids is 1. The molecule has 0 radical (unpaired) electrons. The highest BCUT2D eigenvalue weighted by atomic mass is 32.1. The smallest absolute Gasteiger partial charge is 0.321 e. The van der Waals surface area contributed by atoms with E-state index in [4.69, 9.17) is 4.74 Å². The van der Waals surface area contributed by atoms with Crippen molar-refractivity contribution in [2.24, 2.45) is 5.92 Å². The summed E-state index contributed by atoms with van der Waals surface area (Å²) >= 11 is 1.46. The van der Waals surface area contributed by atoms with Gasteiger partial charge in [0.25, 0.3) is 0 Å². The molecule has 1 fully saturated rings. The highest BCUT2D eigenvalue weighted by molar-refractivity contribution is 7.22. The van der Waals surface area contributed by atoms with Crippen LogP contribution in [0, 0.1) is 5.92 Å². The molecule has 1 atom stereocenters. The lowest BCUT2D eigenvalue weighted by atomic mass is 10.0. The van der Waals surface area contributed by atoms with Gasteiger partial charge in [-0.3, -0.25) is 5.32 Å². The van der Waals surface area contributed by atoms with E-state index in [2.05, 4.69) is 43.6 Å². The van der Waals surface area contributed by atoms with Crippen LogP contribution in [0.1, 0.15) is 13.3 Å². The van der Waals surface area contributed by atoms with Crippen molar-refractivity contribution in [3.05, 3.63) is 30.9 Å². The van der Waals surface area contributed by atoms with Gasteiger partial charge in [-0.1, -0.05) is 11.3 Å². The Labute approximate surface area is 173 Å². The van der Waals surface area contributed by atoms with Crippen LogP contribution in [0.4, 0.5) is 15.6 Å². The number of hydrogen-bond donors (Lipinski definition) is 2. The second-order valence-electron chi connectivity index (χ2n) is 7.08. The van der Waals surface area contributed by atoms with Crippen molar-refractivity contribution in [1.82, 2.24) is 20.3 Å². The fraction of sp³-hybridized carbons (Fsp3) is 0.400. The standard InChI is InChI=1S/C20H24N6O2S/c1-3-23-19(27)25-20-24-16-6-15(14-8-21-12-22-9-14)17(7-18(16)29-20)26(2)10-13-4-5-28-11-13/h6-9,12-13H,3-5,10-11H2,1-2H3,(H2,23,24,25,27). The molecule has 3 heterocycles. The van der Waals surface area contributed by atoms with Gasteiger partial charge in [0, 0.05) is 61.9 Å². The molecule has 4 rings (SSSR count). The summed E-state index contributed by atoms with van der Waals surface area (Å²) in [4.78, 5) is 27.1. The van der Waals surface area contributed by atoms with Gasteiger partial charge in [0.1, 0.15) is 6.33 Å². The predicted octanol–water partition coefficient (Wildman–Crippen LogP) is 3.37. The highest BCUT2D eigenvalue weighted by Gasteiger charge is 2.21. The molecule has 0 spiro atoms. The number of aromatic nitrogens is 3. The van der Waals surface area contributed by atoms with Gasteiger partial charge < -0.3 is 15.0 Å². The maximum atomic E-state index is 11.9. The molecule has 0 bridgehead atoms. The molecule has 1 aliphatic rings. The molecule has 3 aromatic rings. The zero-order valence-electron chi connectivity index (χ0n) is 16.5. The van der Waals surface area contributed by atoms with Crippen molar-refractivity contribution in [1.29, 1.82) is 0 Å². The molecule has 2 aromatic heterocycles. The van der Waals surface area contributed by atoms with E-state index < -0.39 is 0 Å². The first-order chi connectivity index (χ1) is 14.1. The van der Waals surface area contributed by atoms with Crippen LogP contribution in [0.25, 0.3) is 21.3 Å². The van der Waals surface area contributed by atoms with Crippen LogP contribution in [-0.2, 0) is 4.74 Å². The number of rotatable bonds is 6. The van der Waals surface area contributed by atoms with Crippen molar-refractivity contribution < 1.29 is 9.53 Å². The minimum atomic E-state index is -0.248. The van der Waals surface area contributed by atoms with E-state index in [1.807, 2.05) is 25.4 Å². The summed E-state index contributed by atoms with van der Waals surface area (Å²) in [6.45, 7) is 4.99. The number of amides is 2. The monoisotopic (exact) mass is 412 g/mol. The van der Waals surface area contributed by atoms with Gasteiger partial charge in [-0.2, -0.15) is 0 Å². The Bertz CT molecular complexity index is 987. The van der Waals surface area contributed by atoms with E-state index in [-0.39, 0.29) is 6.03 Å². The summed E-state index contributed by atoms with van der Waals surface area (Å²) in [5, 5.41) is 6.10. The molecule has 1 aliphatic heterocycles. The summed E-state index contributed by atoms with van der Waals surface area (Å²) in [7, 11) is 2.10. The molecule has 152 valence electrons. The maximum Gasteiger partial charge on any atom is 0.321 e.